The Bertz CT molecular complexity index is 1230. The van der Waals surface area contributed by atoms with Gasteiger partial charge in [0.2, 0.25) is 0 Å². The maximum absolute atomic E-state index is 13.7. The van der Waals surface area contributed by atoms with Crippen LogP contribution in [0, 0.1) is 46.5 Å². The van der Waals surface area contributed by atoms with Crippen molar-refractivity contribution < 1.29 is 23.1 Å². The molecule has 6 nitrogen and oxygen atoms in total. The van der Waals surface area contributed by atoms with E-state index in [4.69, 9.17) is 16.1 Å². The van der Waals surface area contributed by atoms with Gasteiger partial charge in [0.1, 0.15) is 17.7 Å². The monoisotopic (exact) mass is 442 g/mol. The predicted molar refractivity (Wildman–Crippen MR) is 112 cm³/mol. The van der Waals surface area contributed by atoms with Gasteiger partial charge in [-0.1, -0.05) is 12.8 Å². The Balaban J connectivity index is 0.000000186. The van der Waals surface area contributed by atoms with Crippen molar-refractivity contribution >= 4 is 22.7 Å². The molecule has 4 N–H and O–H groups in total. The lowest BCUT2D eigenvalue weighted by Gasteiger charge is -2.40. The summed E-state index contributed by atoms with van der Waals surface area (Å²) in [6.07, 6.45) is 7.24. The van der Waals surface area contributed by atoms with E-state index in [-0.39, 0.29) is 33.6 Å². The molecule has 3 saturated carbocycles. The maximum atomic E-state index is 13.7. The maximum Gasteiger partial charge on any atom is 0.306 e. The second-order valence-electron chi connectivity index (χ2n) is 8.34. The van der Waals surface area contributed by atoms with Gasteiger partial charge >= 0.3 is 5.97 Å². The van der Waals surface area contributed by atoms with Crippen LogP contribution < -0.4 is 5.73 Å². The second-order valence-corrected chi connectivity index (χ2v) is 8.34. The number of hydrogen-bond donors (Lipinski definition) is 3. The van der Waals surface area contributed by atoms with Gasteiger partial charge in [-0.15, -0.1) is 0 Å². The number of anilines is 1. The van der Waals surface area contributed by atoms with Crippen LogP contribution in [0.4, 0.5) is 19.0 Å². The van der Waals surface area contributed by atoms with Crippen LogP contribution in [0.5, 0.6) is 0 Å². The molecule has 0 aliphatic heterocycles. The van der Waals surface area contributed by atoms with Gasteiger partial charge in [-0.25, -0.2) is 18.2 Å². The zero-order valence-corrected chi connectivity index (χ0v) is 17.0. The van der Waals surface area contributed by atoms with Crippen LogP contribution in [0.15, 0.2) is 24.4 Å². The van der Waals surface area contributed by atoms with E-state index in [1.165, 1.54) is 31.9 Å². The summed E-state index contributed by atoms with van der Waals surface area (Å²) in [4.78, 5) is 17.2. The van der Waals surface area contributed by atoms with Gasteiger partial charge in [-0.3, -0.25) is 4.79 Å². The van der Waals surface area contributed by atoms with Gasteiger partial charge in [-0.05, 0) is 43.2 Å². The zero-order valence-electron chi connectivity index (χ0n) is 17.0. The Labute approximate surface area is 181 Å². The first-order valence-corrected chi connectivity index (χ1v) is 10.3. The molecule has 1 unspecified atom stereocenters. The fourth-order valence-electron chi connectivity index (χ4n) is 4.82. The molecule has 3 aliphatic rings. The molecule has 1 atom stereocenters. The molecule has 0 spiro atoms. The third kappa shape index (κ3) is 4.00. The summed E-state index contributed by atoms with van der Waals surface area (Å²) in [6.45, 7) is 0. The number of nitrogens with two attached hydrogens (primary N) is 1. The Morgan fingerprint density at radius 2 is 1.88 bits per heavy atom. The van der Waals surface area contributed by atoms with E-state index in [1.807, 2.05) is 0 Å². The molecule has 3 fully saturated rings. The van der Waals surface area contributed by atoms with Crippen molar-refractivity contribution in [2.45, 2.75) is 32.1 Å². The summed E-state index contributed by atoms with van der Waals surface area (Å²) in [5.74, 6) is -2.07. The Kier molecular flexibility index (Phi) is 5.78. The van der Waals surface area contributed by atoms with Gasteiger partial charge in [0.25, 0.3) is 0 Å². The highest BCUT2D eigenvalue weighted by Crippen LogP contribution is 2.44. The number of rotatable bonds is 2. The molecular weight excluding hydrogens is 421 g/mol. The number of halogens is 3. The fourth-order valence-corrected chi connectivity index (χ4v) is 4.82. The molecule has 0 saturated heterocycles. The number of H-pyrrole nitrogens is 1. The smallest absolute Gasteiger partial charge is 0.306 e. The number of carboxylic acids is 1. The quantitative estimate of drug-likeness (QED) is 0.517. The fraction of sp³-hybridized carbons (Fsp3) is 0.348. The Morgan fingerprint density at radius 1 is 1.16 bits per heavy atom. The van der Waals surface area contributed by atoms with Crippen molar-refractivity contribution in [2.75, 3.05) is 5.73 Å². The van der Waals surface area contributed by atoms with Crippen LogP contribution in [0.25, 0.3) is 22.2 Å². The van der Waals surface area contributed by atoms with Crippen LogP contribution in [-0.4, -0.2) is 21.0 Å². The van der Waals surface area contributed by atoms with Crippen molar-refractivity contribution in [3.05, 3.63) is 47.4 Å². The lowest BCUT2D eigenvalue weighted by Crippen LogP contribution is -2.35. The summed E-state index contributed by atoms with van der Waals surface area (Å²) in [6, 6.07) is 4.56. The number of carbonyl (C=O) groups is 1. The number of fused-ring (bicyclic) bond motifs is 4. The molecule has 0 radical (unpaired) electrons. The van der Waals surface area contributed by atoms with Crippen molar-refractivity contribution in [1.82, 2.24) is 9.97 Å². The topological polar surface area (TPSA) is 116 Å². The third-order valence-electron chi connectivity index (χ3n) is 6.45. The van der Waals surface area contributed by atoms with Gasteiger partial charge in [0.05, 0.1) is 22.7 Å². The standard InChI is InChI=1S/C14H7F3N4.C9H14O2/c15-7-2-8-9(5-20-13(8)10(16)3-7)12-6(4-18)1-11(17)14(19)21-12;10-9(11)8-5-6-1-3-7(8)4-2-6/h1-3,5,20H,(H2,19,21);6-8H,1-5H2,(H,10,11). The van der Waals surface area contributed by atoms with Crippen LogP contribution in [0.2, 0.25) is 0 Å². The molecule has 1 aromatic carbocycles. The molecule has 2 heterocycles. The molecule has 166 valence electrons. The van der Waals surface area contributed by atoms with E-state index >= 15 is 0 Å². The summed E-state index contributed by atoms with van der Waals surface area (Å²) < 4.78 is 40.4. The first-order valence-electron chi connectivity index (χ1n) is 10.3. The number of benzene rings is 1. The highest BCUT2D eigenvalue weighted by atomic mass is 19.1. The van der Waals surface area contributed by atoms with Crippen molar-refractivity contribution in [1.29, 1.82) is 5.26 Å². The number of aromatic nitrogens is 2. The lowest BCUT2D eigenvalue weighted by atomic mass is 9.65. The minimum absolute atomic E-state index is 0.00231. The van der Waals surface area contributed by atoms with Crippen molar-refractivity contribution in [2.24, 2.45) is 17.8 Å². The van der Waals surface area contributed by atoms with Gasteiger partial charge in [0, 0.05) is 23.2 Å². The summed E-state index contributed by atoms with van der Waals surface area (Å²) >= 11 is 0. The van der Waals surface area contributed by atoms with Gasteiger partial charge in [0.15, 0.2) is 11.6 Å². The van der Waals surface area contributed by atoms with Gasteiger partial charge in [-0.2, -0.15) is 5.26 Å². The zero-order chi connectivity index (χ0) is 23.0. The van der Waals surface area contributed by atoms with Crippen LogP contribution in [0.3, 0.4) is 0 Å². The number of nitrogens with zero attached hydrogens (tertiary/aromatic N) is 2. The molecular formula is C23H21F3N4O2. The van der Waals surface area contributed by atoms with Crippen molar-refractivity contribution in [3.63, 3.8) is 0 Å². The molecule has 2 aromatic heterocycles. The molecule has 6 rings (SSSR count). The van der Waals surface area contributed by atoms with E-state index < -0.39 is 29.2 Å². The SMILES string of the molecule is N#Cc1cc(F)c(N)nc1-c1c[nH]c2c(F)cc(F)cc12.O=C(O)C1CC2CCC1CC2. The first kappa shape index (κ1) is 21.7. The van der Waals surface area contributed by atoms with E-state index in [1.54, 1.807) is 6.07 Å². The number of carboxylic acid groups (broad SMARTS) is 1. The second kappa shape index (κ2) is 8.54. The Hall–Kier alpha value is -3.54. The predicted octanol–water partition coefficient (Wildman–Crippen LogP) is 5.00. The average molecular weight is 442 g/mol. The minimum atomic E-state index is -0.826. The molecule has 2 bridgehead atoms. The normalized spacial score (nSPS) is 21.6. The van der Waals surface area contributed by atoms with Crippen molar-refractivity contribution in [3.8, 4) is 17.3 Å². The number of hydrogen-bond acceptors (Lipinski definition) is 4. The summed E-state index contributed by atoms with van der Waals surface area (Å²) in [7, 11) is 0. The van der Waals surface area contributed by atoms with Crippen LogP contribution in [0.1, 0.15) is 37.7 Å². The third-order valence-corrected chi connectivity index (χ3v) is 6.45. The first-order chi connectivity index (χ1) is 15.3. The molecule has 3 aromatic rings. The van der Waals surface area contributed by atoms with E-state index in [0.29, 0.717) is 5.92 Å². The number of nitriles is 1. The van der Waals surface area contributed by atoms with Gasteiger partial charge < -0.3 is 15.8 Å². The lowest BCUT2D eigenvalue weighted by molar-refractivity contribution is -0.147. The molecule has 3 aliphatic carbocycles. The Morgan fingerprint density at radius 3 is 2.44 bits per heavy atom. The van der Waals surface area contributed by atoms with Crippen LogP contribution >= 0.6 is 0 Å². The molecule has 0 amide bonds. The average Bonchev–Trinajstić information content (AvgIpc) is 3.20. The molecule has 32 heavy (non-hydrogen) atoms. The van der Waals surface area contributed by atoms with E-state index in [0.717, 1.165) is 30.5 Å². The number of aromatic amines is 1. The number of nitrogens with one attached hydrogen (secondary N) is 1. The highest BCUT2D eigenvalue weighted by molar-refractivity contribution is 5.96. The van der Waals surface area contributed by atoms with Crippen LogP contribution in [-0.2, 0) is 4.79 Å². The van der Waals surface area contributed by atoms with E-state index in [9.17, 15) is 18.0 Å². The summed E-state index contributed by atoms with van der Waals surface area (Å²) in [5.41, 5.74) is 5.73. The minimum Gasteiger partial charge on any atom is -0.481 e. The van der Waals surface area contributed by atoms with E-state index in [2.05, 4.69) is 9.97 Å². The molecule has 9 heteroatoms. The highest BCUT2D eigenvalue weighted by Gasteiger charge is 2.39. The summed E-state index contributed by atoms with van der Waals surface area (Å²) in [5, 5.41) is 18.1. The number of nitrogen functional groups attached to an aromatic ring is 1. The largest absolute Gasteiger partial charge is 0.481 e. The number of aliphatic carboxylic acids is 1. The number of pyridine rings is 1.